The number of hydrogen-bond donors (Lipinski definition) is 3. The molecule has 36 heavy (non-hydrogen) atoms. The van der Waals surface area contributed by atoms with Crippen molar-refractivity contribution in [1.82, 2.24) is 4.98 Å². The summed E-state index contributed by atoms with van der Waals surface area (Å²) in [6.45, 7) is 1.85. The zero-order chi connectivity index (χ0) is 24.9. The predicted molar refractivity (Wildman–Crippen MR) is 147 cm³/mol. The number of phenols is 1. The Kier molecular flexibility index (Phi) is 6.83. The van der Waals surface area contributed by atoms with Crippen LogP contribution in [0.3, 0.4) is 0 Å². The van der Waals surface area contributed by atoms with Crippen LogP contribution in [-0.2, 0) is 0 Å². The van der Waals surface area contributed by atoms with Gasteiger partial charge in [0.05, 0.1) is 16.3 Å². The summed E-state index contributed by atoms with van der Waals surface area (Å²) in [6.07, 6.45) is 0. The molecule has 0 unspecified atom stereocenters. The molecule has 7 nitrogen and oxygen atoms in total. The number of nitrogens with zero attached hydrogens (tertiary/aromatic N) is 3. The van der Waals surface area contributed by atoms with Crippen LogP contribution in [0.1, 0.15) is 15.2 Å². The number of para-hydroxylation sites is 1. The van der Waals surface area contributed by atoms with Gasteiger partial charge in [0, 0.05) is 22.2 Å². The van der Waals surface area contributed by atoms with Crippen LogP contribution in [-0.4, -0.2) is 16.0 Å². The molecule has 178 valence electrons. The zero-order valence-corrected chi connectivity index (χ0v) is 20.8. The van der Waals surface area contributed by atoms with Crippen LogP contribution >= 0.6 is 22.7 Å². The highest BCUT2D eigenvalue weighted by molar-refractivity contribution is 7.19. The second kappa shape index (κ2) is 10.5. The number of phenolic OH excluding ortho intramolecular Hbond substituents is 1. The quantitative estimate of drug-likeness (QED) is 0.191. The second-order valence-electron chi connectivity index (χ2n) is 7.80. The Hall–Kier alpha value is -4.34. The van der Waals surface area contributed by atoms with Crippen LogP contribution < -0.4 is 10.6 Å². The highest BCUT2D eigenvalue weighted by Gasteiger charge is 2.22. The highest BCUT2D eigenvalue weighted by Crippen LogP contribution is 2.42. The molecule has 2 heterocycles. The summed E-state index contributed by atoms with van der Waals surface area (Å²) >= 11 is 2.69. The summed E-state index contributed by atoms with van der Waals surface area (Å²) in [7, 11) is 0. The molecule has 1 amide bonds. The first-order chi connectivity index (χ1) is 17.6. The first kappa shape index (κ1) is 23.4. The Morgan fingerprint density at radius 1 is 0.917 bits per heavy atom. The number of carbonyl (C=O) groups excluding carboxylic acids is 1. The van der Waals surface area contributed by atoms with E-state index in [1.165, 1.54) is 22.7 Å². The van der Waals surface area contributed by atoms with Crippen molar-refractivity contribution >= 4 is 55.8 Å². The number of nitrogens with one attached hydrogen (secondary N) is 2. The number of azo groups is 1. The SMILES string of the molecule is Cc1c(C(=O)Nc2nc(-c3ccccc3)cs2)sc(Nc2ccccc2)c1N=Nc1ccc(O)cc1. The average Bonchev–Trinajstić information content (AvgIpc) is 3.49. The number of carbonyl (C=O) groups is 1. The van der Waals surface area contributed by atoms with Crippen LogP contribution in [0.15, 0.2) is 101 Å². The van der Waals surface area contributed by atoms with Gasteiger partial charge in [-0.05, 0) is 43.3 Å². The third kappa shape index (κ3) is 5.32. The molecule has 9 heteroatoms. The van der Waals surface area contributed by atoms with Crippen LogP contribution in [0.4, 0.5) is 27.2 Å². The number of benzene rings is 3. The number of thiazole rings is 1. The molecule has 0 saturated carbocycles. The van der Waals surface area contributed by atoms with E-state index >= 15 is 0 Å². The van der Waals surface area contributed by atoms with Crippen molar-refractivity contribution in [3.63, 3.8) is 0 Å². The number of aromatic nitrogens is 1. The minimum Gasteiger partial charge on any atom is -0.508 e. The maximum atomic E-state index is 13.2. The fraction of sp³-hybridized carbons (Fsp3) is 0.0370. The van der Waals surface area contributed by atoms with Crippen molar-refractivity contribution in [2.75, 3.05) is 10.6 Å². The molecule has 0 fully saturated rings. The molecule has 0 spiro atoms. The number of aromatic hydroxyl groups is 1. The van der Waals surface area contributed by atoms with Crippen LogP contribution in [0.2, 0.25) is 0 Å². The van der Waals surface area contributed by atoms with Crippen molar-refractivity contribution < 1.29 is 9.90 Å². The molecule has 2 aromatic heterocycles. The number of hydrogen-bond acceptors (Lipinski definition) is 8. The van der Waals surface area contributed by atoms with E-state index in [-0.39, 0.29) is 11.7 Å². The topological polar surface area (TPSA) is 99.0 Å². The summed E-state index contributed by atoms with van der Waals surface area (Å²) < 4.78 is 0. The molecule has 0 aliphatic carbocycles. The van der Waals surface area contributed by atoms with Crippen molar-refractivity contribution in [2.45, 2.75) is 6.92 Å². The van der Waals surface area contributed by atoms with Gasteiger partial charge >= 0.3 is 0 Å². The van der Waals surface area contributed by atoms with E-state index in [0.29, 0.717) is 31.9 Å². The van der Waals surface area contributed by atoms with E-state index in [9.17, 15) is 9.90 Å². The molecule has 0 atom stereocenters. The molecule has 0 saturated heterocycles. The standard InChI is InChI=1S/C27H21N5O2S2/c1-17-23(32-31-20-12-14-21(33)15-13-20)26(28-19-10-6-3-7-11-19)36-24(17)25(34)30-27-29-22(16-35-27)18-8-4-2-5-9-18/h2-16,28,33H,1H3,(H,29,30,34). The molecule has 0 aliphatic heterocycles. The van der Waals surface area contributed by atoms with E-state index in [2.05, 4.69) is 25.8 Å². The predicted octanol–water partition coefficient (Wildman–Crippen LogP) is 8.30. The number of anilines is 3. The lowest BCUT2D eigenvalue weighted by Gasteiger charge is -2.04. The van der Waals surface area contributed by atoms with Crippen LogP contribution in [0.5, 0.6) is 5.75 Å². The maximum absolute atomic E-state index is 13.2. The Bertz CT molecular complexity index is 1510. The van der Waals surface area contributed by atoms with Gasteiger partial charge in [-0.15, -0.1) is 27.8 Å². The van der Waals surface area contributed by atoms with Gasteiger partial charge < -0.3 is 10.4 Å². The largest absolute Gasteiger partial charge is 0.508 e. The van der Waals surface area contributed by atoms with Crippen molar-refractivity contribution in [1.29, 1.82) is 0 Å². The number of thiophene rings is 1. The molecule has 0 bridgehead atoms. The average molecular weight is 512 g/mol. The molecule has 3 aromatic carbocycles. The van der Waals surface area contributed by atoms with Crippen LogP contribution in [0.25, 0.3) is 11.3 Å². The summed E-state index contributed by atoms with van der Waals surface area (Å²) in [6, 6.07) is 26.0. The van der Waals surface area contributed by atoms with Gasteiger partial charge in [-0.1, -0.05) is 48.5 Å². The molecular formula is C27H21N5O2S2. The van der Waals surface area contributed by atoms with Crippen molar-refractivity contribution in [3.05, 3.63) is 101 Å². The van der Waals surface area contributed by atoms with E-state index in [1.807, 2.05) is 73.0 Å². The lowest BCUT2D eigenvalue weighted by Crippen LogP contribution is -2.11. The number of rotatable bonds is 7. The zero-order valence-electron chi connectivity index (χ0n) is 19.2. The fourth-order valence-electron chi connectivity index (χ4n) is 3.43. The monoisotopic (exact) mass is 511 g/mol. The van der Waals surface area contributed by atoms with Gasteiger partial charge in [0.2, 0.25) is 0 Å². The van der Waals surface area contributed by atoms with Gasteiger partial charge in [-0.25, -0.2) is 4.98 Å². The van der Waals surface area contributed by atoms with Gasteiger partial charge in [0.25, 0.3) is 5.91 Å². The minimum absolute atomic E-state index is 0.156. The van der Waals surface area contributed by atoms with Crippen molar-refractivity contribution in [3.8, 4) is 17.0 Å². The molecular weight excluding hydrogens is 490 g/mol. The second-order valence-corrected chi connectivity index (χ2v) is 9.68. The molecule has 5 aromatic rings. The smallest absolute Gasteiger partial charge is 0.267 e. The summed E-state index contributed by atoms with van der Waals surface area (Å²) in [5.41, 5.74) is 4.55. The lowest BCUT2D eigenvalue weighted by atomic mass is 10.2. The molecule has 0 aliphatic rings. The molecule has 5 rings (SSSR count). The van der Waals surface area contributed by atoms with Crippen molar-refractivity contribution in [2.24, 2.45) is 10.2 Å². The minimum atomic E-state index is -0.256. The van der Waals surface area contributed by atoms with Gasteiger partial charge in [-0.2, -0.15) is 5.11 Å². The van der Waals surface area contributed by atoms with E-state index in [1.54, 1.807) is 24.3 Å². The van der Waals surface area contributed by atoms with E-state index < -0.39 is 0 Å². The lowest BCUT2D eigenvalue weighted by molar-refractivity contribution is 0.103. The third-order valence-corrected chi connectivity index (χ3v) is 7.22. The molecule has 3 N–H and O–H groups in total. The summed E-state index contributed by atoms with van der Waals surface area (Å²) in [5, 5.41) is 27.7. The van der Waals surface area contributed by atoms with E-state index in [0.717, 1.165) is 16.9 Å². The summed E-state index contributed by atoms with van der Waals surface area (Å²) in [5.74, 6) is -0.0997. The Labute approximate surface area is 215 Å². The number of amides is 1. The summed E-state index contributed by atoms with van der Waals surface area (Å²) in [4.78, 5) is 18.3. The van der Waals surface area contributed by atoms with Gasteiger partial charge in [0.1, 0.15) is 16.4 Å². The Morgan fingerprint density at radius 3 is 2.33 bits per heavy atom. The van der Waals surface area contributed by atoms with Crippen LogP contribution in [0, 0.1) is 6.92 Å². The van der Waals surface area contributed by atoms with E-state index in [4.69, 9.17) is 0 Å². The Morgan fingerprint density at radius 2 is 1.61 bits per heavy atom. The normalized spacial score (nSPS) is 11.0. The first-order valence-electron chi connectivity index (χ1n) is 11.1. The highest BCUT2D eigenvalue weighted by atomic mass is 32.1. The third-order valence-electron chi connectivity index (χ3n) is 5.26. The van der Waals surface area contributed by atoms with Gasteiger partial charge in [0.15, 0.2) is 5.13 Å². The first-order valence-corrected chi connectivity index (χ1v) is 12.7. The Balaban J connectivity index is 1.43. The fourth-order valence-corrected chi connectivity index (χ4v) is 5.20. The van der Waals surface area contributed by atoms with Gasteiger partial charge in [-0.3, -0.25) is 10.1 Å². The maximum Gasteiger partial charge on any atom is 0.267 e. The molecule has 0 radical (unpaired) electrons.